The van der Waals surface area contributed by atoms with Crippen molar-refractivity contribution in [1.29, 1.82) is 0 Å². The van der Waals surface area contributed by atoms with Crippen molar-refractivity contribution >= 4 is 5.97 Å². The quantitative estimate of drug-likeness (QED) is 0.716. The predicted molar refractivity (Wildman–Crippen MR) is 60.4 cm³/mol. The summed E-state index contributed by atoms with van der Waals surface area (Å²) in [5, 5.41) is 0. The van der Waals surface area contributed by atoms with Gasteiger partial charge in [-0.05, 0) is 31.1 Å². The lowest BCUT2D eigenvalue weighted by Crippen LogP contribution is -2.44. The number of rotatable bonds is 2. The highest BCUT2D eigenvalue weighted by atomic mass is 16.5. The van der Waals surface area contributed by atoms with Crippen LogP contribution in [0.15, 0.2) is 0 Å². The molecule has 1 saturated carbocycles. The average molecular weight is 213 g/mol. The molecule has 0 aromatic rings. The molecule has 0 amide bonds. The topological polar surface area (TPSA) is 52.3 Å². The van der Waals surface area contributed by atoms with Crippen molar-refractivity contribution in [1.82, 2.24) is 0 Å². The summed E-state index contributed by atoms with van der Waals surface area (Å²) in [5.74, 6) is -0.241. The minimum atomic E-state index is -0.514. The van der Waals surface area contributed by atoms with Crippen molar-refractivity contribution in [2.45, 2.75) is 65.0 Å². The van der Waals surface area contributed by atoms with E-state index in [9.17, 15) is 4.79 Å². The van der Waals surface area contributed by atoms with Gasteiger partial charge >= 0.3 is 5.97 Å². The Morgan fingerprint density at radius 3 is 2.27 bits per heavy atom. The predicted octanol–water partition coefficient (Wildman–Crippen LogP) is 2.24. The normalized spacial score (nSPS) is 21.1. The van der Waals surface area contributed by atoms with Crippen LogP contribution < -0.4 is 5.73 Å². The van der Waals surface area contributed by atoms with Crippen molar-refractivity contribution in [2.24, 2.45) is 11.1 Å². The van der Waals surface area contributed by atoms with Crippen LogP contribution in [0.1, 0.15) is 52.9 Å². The molecule has 2 N–H and O–H groups in total. The molecule has 0 aliphatic heterocycles. The van der Waals surface area contributed by atoms with Crippen molar-refractivity contribution in [3.8, 4) is 0 Å². The lowest BCUT2D eigenvalue weighted by atomic mass is 9.87. The first-order valence-corrected chi connectivity index (χ1v) is 5.87. The maximum atomic E-state index is 11.7. The number of nitrogens with two attached hydrogens (primary N) is 1. The zero-order chi connectivity index (χ0) is 11.5. The zero-order valence-corrected chi connectivity index (χ0v) is 10.1. The van der Waals surface area contributed by atoms with Gasteiger partial charge in [-0.15, -0.1) is 0 Å². The molecule has 0 radical (unpaired) electrons. The van der Waals surface area contributed by atoms with E-state index in [2.05, 4.69) is 0 Å². The fourth-order valence-corrected chi connectivity index (χ4v) is 1.77. The first-order valence-electron chi connectivity index (χ1n) is 5.87. The molecule has 0 unspecified atom stereocenters. The summed E-state index contributed by atoms with van der Waals surface area (Å²) in [4.78, 5) is 11.7. The Bertz CT molecular complexity index is 214. The van der Waals surface area contributed by atoms with Crippen molar-refractivity contribution in [2.75, 3.05) is 0 Å². The highest BCUT2D eigenvalue weighted by molar-refractivity contribution is 5.76. The first-order chi connectivity index (χ1) is 6.91. The van der Waals surface area contributed by atoms with E-state index in [1.54, 1.807) is 0 Å². The fourth-order valence-electron chi connectivity index (χ4n) is 1.77. The minimum absolute atomic E-state index is 0.111. The van der Waals surface area contributed by atoms with Gasteiger partial charge in [0.15, 0.2) is 0 Å². The second-order valence-electron chi connectivity index (χ2n) is 5.54. The number of hydrogen-bond acceptors (Lipinski definition) is 3. The Hall–Kier alpha value is -0.570. The van der Waals surface area contributed by atoms with Crippen LogP contribution in [0.4, 0.5) is 0 Å². The monoisotopic (exact) mass is 213 g/mol. The van der Waals surface area contributed by atoms with Crippen molar-refractivity contribution in [3.63, 3.8) is 0 Å². The summed E-state index contributed by atoms with van der Waals surface area (Å²) in [7, 11) is 0. The molecule has 1 atom stereocenters. The first kappa shape index (κ1) is 12.5. The maximum Gasteiger partial charge on any atom is 0.323 e. The molecule has 0 saturated heterocycles. The summed E-state index contributed by atoms with van der Waals surface area (Å²) in [6.45, 7) is 5.87. The van der Waals surface area contributed by atoms with Crippen LogP contribution in [0, 0.1) is 5.41 Å². The molecule has 0 aromatic carbocycles. The van der Waals surface area contributed by atoms with Gasteiger partial charge in [-0.3, -0.25) is 4.79 Å². The Morgan fingerprint density at radius 1 is 1.27 bits per heavy atom. The molecule has 88 valence electrons. The number of hydrogen-bond donors (Lipinski definition) is 1. The summed E-state index contributed by atoms with van der Waals surface area (Å²) >= 11 is 0. The zero-order valence-electron chi connectivity index (χ0n) is 10.1. The third-order valence-electron chi connectivity index (χ3n) is 3.02. The smallest absolute Gasteiger partial charge is 0.323 e. The molecular formula is C12H23NO2. The van der Waals surface area contributed by atoms with Gasteiger partial charge in [0.05, 0.1) is 0 Å². The SMILES string of the molecule is CC(C)(C)[C@H](N)C(=O)OC1CCCCC1. The standard InChI is InChI=1S/C12H23NO2/c1-12(2,3)10(13)11(14)15-9-7-5-4-6-8-9/h9-10H,4-8,13H2,1-3H3/t10-/m1/s1. The molecule has 1 aliphatic rings. The van der Waals surface area contributed by atoms with Gasteiger partial charge in [0.2, 0.25) is 0 Å². The van der Waals surface area contributed by atoms with E-state index in [0.717, 1.165) is 12.8 Å². The lowest BCUT2D eigenvalue weighted by Gasteiger charge is -2.28. The Kier molecular flexibility index (Phi) is 4.14. The molecule has 1 aliphatic carbocycles. The molecule has 3 nitrogen and oxygen atoms in total. The number of carbonyl (C=O) groups is 1. The Balaban J connectivity index is 2.40. The van der Waals surface area contributed by atoms with E-state index in [1.165, 1.54) is 19.3 Å². The second-order valence-corrected chi connectivity index (χ2v) is 5.54. The largest absolute Gasteiger partial charge is 0.461 e. The molecule has 3 heteroatoms. The number of carbonyl (C=O) groups excluding carboxylic acids is 1. The number of ether oxygens (including phenoxy) is 1. The van der Waals surface area contributed by atoms with Crippen LogP contribution >= 0.6 is 0 Å². The molecule has 1 fully saturated rings. The average Bonchev–Trinajstić information content (AvgIpc) is 2.16. The fraction of sp³-hybridized carbons (Fsp3) is 0.917. The van der Waals surface area contributed by atoms with Gasteiger partial charge in [-0.25, -0.2) is 0 Å². The maximum absolute atomic E-state index is 11.7. The van der Waals surface area contributed by atoms with E-state index in [0.29, 0.717) is 0 Å². The molecule has 0 spiro atoms. The van der Waals surface area contributed by atoms with Crippen LogP contribution in [0.25, 0.3) is 0 Å². The molecule has 0 aromatic heterocycles. The molecule has 0 heterocycles. The lowest BCUT2D eigenvalue weighted by molar-refractivity contribution is -0.154. The summed E-state index contributed by atoms with van der Waals surface area (Å²) < 4.78 is 5.42. The third-order valence-corrected chi connectivity index (χ3v) is 3.02. The van der Waals surface area contributed by atoms with Crippen LogP contribution in [-0.4, -0.2) is 18.1 Å². The van der Waals surface area contributed by atoms with E-state index in [-0.39, 0.29) is 17.5 Å². The van der Waals surface area contributed by atoms with Crippen LogP contribution in [-0.2, 0) is 9.53 Å². The van der Waals surface area contributed by atoms with Gasteiger partial charge < -0.3 is 10.5 Å². The van der Waals surface area contributed by atoms with Gasteiger partial charge in [-0.1, -0.05) is 27.2 Å². The minimum Gasteiger partial charge on any atom is -0.461 e. The van der Waals surface area contributed by atoms with Crippen LogP contribution in [0.3, 0.4) is 0 Å². The highest BCUT2D eigenvalue weighted by Crippen LogP contribution is 2.23. The van der Waals surface area contributed by atoms with E-state index < -0.39 is 6.04 Å². The summed E-state index contributed by atoms with van der Waals surface area (Å²) in [5.41, 5.74) is 5.62. The summed E-state index contributed by atoms with van der Waals surface area (Å²) in [6, 6.07) is -0.514. The number of esters is 1. The molecule has 15 heavy (non-hydrogen) atoms. The van der Waals surface area contributed by atoms with Gasteiger partial charge in [0, 0.05) is 0 Å². The highest BCUT2D eigenvalue weighted by Gasteiger charge is 2.30. The van der Waals surface area contributed by atoms with Crippen molar-refractivity contribution in [3.05, 3.63) is 0 Å². The molecule has 0 bridgehead atoms. The van der Waals surface area contributed by atoms with Crippen LogP contribution in [0.5, 0.6) is 0 Å². The molecular weight excluding hydrogens is 190 g/mol. The van der Waals surface area contributed by atoms with E-state index in [4.69, 9.17) is 10.5 Å². The molecule has 1 rings (SSSR count). The van der Waals surface area contributed by atoms with Gasteiger partial charge in [0.1, 0.15) is 12.1 Å². The summed E-state index contributed by atoms with van der Waals surface area (Å²) in [6.07, 6.45) is 5.72. The Morgan fingerprint density at radius 2 is 1.80 bits per heavy atom. The van der Waals surface area contributed by atoms with Crippen molar-refractivity contribution < 1.29 is 9.53 Å². The van der Waals surface area contributed by atoms with E-state index >= 15 is 0 Å². The Labute approximate surface area is 92.4 Å². The second kappa shape index (κ2) is 4.97. The van der Waals surface area contributed by atoms with Gasteiger partial charge in [0.25, 0.3) is 0 Å². The van der Waals surface area contributed by atoms with Gasteiger partial charge in [-0.2, -0.15) is 0 Å². The van der Waals surface area contributed by atoms with E-state index in [1.807, 2.05) is 20.8 Å². The third kappa shape index (κ3) is 3.82. The van der Waals surface area contributed by atoms with Crippen LogP contribution in [0.2, 0.25) is 0 Å².